The predicted molar refractivity (Wildman–Crippen MR) is 48.9 cm³/mol. The van der Waals surface area contributed by atoms with E-state index >= 15 is 0 Å². The molecule has 0 fully saturated rings. The lowest BCUT2D eigenvalue weighted by molar-refractivity contribution is 0.432. The molecule has 4 heteroatoms. The number of aryl methyl sites for hydroxylation is 1. The summed E-state index contributed by atoms with van der Waals surface area (Å²) in [5.74, 6) is 0.580. The Morgan fingerprint density at radius 3 is 2.77 bits per heavy atom. The molecule has 13 heavy (non-hydrogen) atoms. The molecule has 0 saturated carbocycles. The van der Waals surface area contributed by atoms with Crippen LogP contribution < -0.4 is 5.73 Å². The van der Waals surface area contributed by atoms with E-state index in [2.05, 4.69) is 10.1 Å². The van der Waals surface area contributed by atoms with Crippen LogP contribution in [0, 0.1) is 6.92 Å². The lowest BCUT2D eigenvalue weighted by atomic mass is 10.1. The van der Waals surface area contributed by atoms with Crippen LogP contribution in [0.25, 0.3) is 11.3 Å². The summed E-state index contributed by atoms with van der Waals surface area (Å²) in [4.78, 5) is 4.04. The number of nitrogen functional groups attached to an aromatic ring is 1. The number of anilines is 1. The zero-order valence-corrected chi connectivity index (χ0v) is 7.19. The first-order chi connectivity index (χ1) is 6.27. The zero-order valence-electron chi connectivity index (χ0n) is 7.19. The summed E-state index contributed by atoms with van der Waals surface area (Å²) in [6.45, 7) is 1.96. The molecule has 2 heterocycles. The van der Waals surface area contributed by atoms with Crippen LogP contribution in [-0.4, -0.2) is 10.1 Å². The molecule has 0 spiro atoms. The predicted octanol–water partition coefficient (Wildman–Crippen LogP) is 1.63. The second-order valence-corrected chi connectivity index (χ2v) is 2.86. The van der Waals surface area contributed by atoms with E-state index in [1.54, 1.807) is 12.4 Å². The van der Waals surface area contributed by atoms with Crippen LogP contribution in [-0.2, 0) is 0 Å². The molecule has 0 atom stereocenters. The van der Waals surface area contributed by atoms with Gasteiger partial charge in [0.25, 0.3) is 0 Å². The SMILES string of the molecule is Cc1cncc(-c2oncc2N)c1. The molecule has 4 nitrogen and oxygen atoms in total. The van der Waals surface area contributed by atoms with Gasteiger partial charge in [0.15, 0.2) is 5.76 Å². The largest absolute Gasteiger partial charge is 0.394 e. The van der Waals surface area contributed by atoms with E-state index in [1.807, 2.05) is 13.0 Å². The van der Waals surface area contributed by atoms with E-state index in [1.165, 1.54) is 6.20 Å². The van der Waals surface area contributed by atoms with Gasteiger partial charge < -0.3 is 10.3 Å². The van der Waals surface area contributed by atoms with Crippen molar-refractivity contribution in [3.63, 3.8) is 0 Å². The normalized spacial score (nSPS) is 10.2. The minimum atomic E-state index is 0.535. The molecule has 0 aromatic carbocycles. The molecule has 2 aromatic rings. The van der Waals surface area contributed by atoms with Crippen LogP contribution in [0.2, 0.25) is 0 Å². The van der Waals surface area contributed by atoms with Crippen molar-refractivity contribution in [1.82, 2.24) is 10.1 Å². The van der Waals surface area contributed by atoms with Crippen molar-refractivity contribution in [3.05, 3.63) is 30.2 Å². The Balaban J connectivity index is 2.53. The van der Waals surface area contributed by atoms with Gasteiger partial charge in [-0.2, -0.15) is 0 Å². The number of hydrogen-bond acceptors (Lipinski definition) is 4. The highest BCUT2D eigenvalue weighted by atomic mass is 16.5. The smallest absolute Gasteiger partial charge is 0.191 e. The minimum absolute atomic E-state index is 0.535. The number of nitrogens with two attached hydrogens (primary N) is 1. The molecule has 0 aliphatic heterocycles. The monoisotopic (exact) mass is 175 g/mol. The third kappa shape index (κ3) is 1.38. The van der Waals surface area contributed by atoms with Crippen LogP contribution >= 0.6 is 0 Å². The number of hydrogen-bond donors (Lipinski definition) is 1. The number of aromatic nitrogens is 2. The van der Waals surface area contributed by atoms with E-state index in [9.17, 15) is 0 Å². The molecule has 66 valence electrons. The van der Waals surface area contributed by atoms with Crippen molar-refractivity contribution < 1.29 is 4.52 Å². The van der Waals surface area contributed by atoms with E-state index < -0.39 is 0 Å². The average molecular weight is 175 g/mol. The molecule has 2 N–H and O–H groups in total. The Bertz CT molecular complexity index is 422. The van der Waals surface area contributed by atoms with E-state index in [0.29, 0.717) is 11.4 Å². The third-order valence-electron chi connectivity index (χ3n) is 1.74. The van der Waals surface area contributed by atoms with Gasteiger partial charge in [0.1, 0.15) is 5.69 Å². The van der Waals surface area contributed by atoms with Crippen molar-refractivity contribution in [1.29, 1.82) is 0 Å². The van der Waals surface area contributed by atoms with Gasteiger partial charge in [0.05, 0.1) is 6.20 Å². The van der Waals surface area contributed by atoms with Gasteiger partial charge >= 0.3 is 0 Å². The molecule has 0 radical (unpaired) electrons. The highest BCUT2D eigenvalue weighted by Crippen LogP contribution is 2.24. The summed E-state index contributed by atoms with van der Waals surface area (Å²) in [6, 6.07) is 1.95. The van der Waals surface area contributed by atoms with Gasteiger partial charge in [0.2, 0.25) is 0 Å². The molecule has 0 aliphatic carbocycles. The minimum Gasteiger partial charge on any atom is -0.394 e. The summed E-state index contributed by atoms with van der Waals surface area (Å²) >= 11 is 0. The van der Waals surface area contributed by atoms with Crippen molar-refractivity contribution in [2.24, 2.45) is 0 Å². The number of pyridine rings is 1. The molecule has 0 aliphatic rings. The second kappa shape index (κ2) is 2.90. The van der Waals surface area contributed by atoms with E-state index in [4.69, 9.17) is 10.3 Å². The highest BCUT2D eigenvalue weighted by Gasteiger charge is 2.07. The fourth-order valence-electron chi connectivity index (χ4n) is 1.15. The van der Waals surface area contributed by atoms with Gasteiger partial charge in [-0.25, -0.2) is 0 Å². The van der Waals surface area contributed by atoms with Crippen LogP contribution in [0.4, 0.5) is 5.69 Å². The van der Waals surface area contributed by atoms with Crippen LogP contribution in [0.15, 0.2) is 29.2 Å². The molecular weight excluding hydrogens is 166 g/mol. The molecule has 0 bridgehead atoms. The summed E-state index contributed by atoms with van der Waals surface area (Å²) in [7, 11) is 0. The molecular formula is C9H9N3O. The summed E-state index contributed by atoms with van der Waals surface area (Å²) in [6.07, 6.45) is 4.96. The van der Waals surface area contributed by atoms with Gasteiger partial charge in [-0.05, 0) is 18.6 Å². The van der Waals surface area contributed by atoms with Crippen molar-refractivity contribution in [3.8, 4) is 11.3 Å². The third-order valence-corrected chi connectivity index (χ3v) is 1.74. The van der Waals surface area contributed by atoms with Crippen LogP contribution in [0.3, 0.4) is 0 Å². The van der Waals surface area contributed by atoms with Crippen molar-refractivity contribution >= 4 is 5.69 Å². The maximum Gasteiger partial charge on any atom is 0.191 e. The molecule has 0 saturated heterocycles. The lowest BCUT2D eigenvalue weighted by Crippen LogP contribution is -1.86. The molecule has 2 rings (SSSR count). The van der Waals surface area contributed by atoms with Crippen LogP contribution in [0.1, 0.15) is 5.56 Å². The summed E-state index contributed by atoms with van der Waals surface area (Å²) in [5.41, 5.74) is 8.09. The summed E-state index contributed by atoms with van der Waals surface area (Å²) < 4.78 is 4.99. The summed E-state index contributed by atoms with van der Waals surface area (Å²) in [5, 5.41) is 3.60. The average Bonchev–Trinajstić information content (AvgIpc) is 2.51. The Kier molecular flexibility index (Phi) is 1.73. The zero-order chi connectivity index (χ0) is 9.26. The van der Waals surface area contributed by atoms with Crippen molar-refractivity contribution in [2.75, 3.05) is 5.73 Å². The first-order valence-electron chi connectivity index (χ1n) is 3.89. The number of nitrogens with zero attached hydrogens (tertiary/aromatic N) is 2. The lowest BCUT2D eigenvalue weighted by Gasteiger charge is -1.97. The molecule has 0 unspecified atom stereocenters. The van der Waals surface area contributed by atoms with Crippen LogP contribution in [0.5, 0.6) is 0 Å². The fraction of sp³-hybridized carbons (Fsp3) is 0.111. The fourth-order valence-corrected chi connectivity index (χ4v) is 1.15. The number of rotatable bonds is 1. The topological polar surface area (TPSA) is 64.9 Å². The van der Waals surface area contributed by atoms with Gasteiger partial charge in [-0.3, -0.25) is 4.98 Å². The Morgan fingerprint density at radius 2 is 2.15 bits per heavy atom. The first kappa shape index (κ1) is 7.79. The Morgan fingerprint density at radius 1 is 1.31 bits per heavy atom. The Hall–Kier alpha value is -1.84. The second-order valence-electron chi connectivity index (χ2n) is 2.86. The Labute approximate surface area is 75.4 Å². The van der Waals surface area contributed by atoms with Gasteiger partial charge in [0, 0.05) is 18.0 Å². The van der Waals surface area contributed by atoms with E-state index in [0.717, 1.165) is 11.1 Å². The van der Waals surface area contributed by atoms with Gasteiger partial charge in [-0.1, -0.05) is 5.16 Å². The van der Waals surface area contributed by atoms with Crippen molar-refractivity contribution in [2.45, 2.75) is 6.92 Å². The quantitative estimate of drug-likeness (QED) is 0.715. The molecule has 2 aromatic heterocycles. The van der Waals surface area contributed by atoms with E-state index in [-0.39, 0.29) is 0 Å². The maximum absolute atomic E-state index is 5.64. The molecule has 0 amide bonds. The first-order valence-corrected chi connectivity index (χ1v) is 3.89. The maximum atomic E-state index is 5.64. The standard InChI is InChI=1S/C9H9N3O/c1-6-2-7(4-11-3-6)9-8(10)5-12-13-9/h2-5H,10H2,1H3. The highest BCUT2D eigenvalue weighted by molar-refractivity contribution is 5.69. The van der Waals surface area contributed by atoms with Gasteiger partial charge in [-0.15, -0.1) is 0 Å².